The molecule has 0 bridgehead atoms. The molecule has 1 amide bonds. The Morgan fingerprint density at radius 3 is 2.56 bits per heavy atom. The van der Waals surface area contributed by atoms with Crippen LogP contribution < -0.4 is 4.90 Å². The molecule has 0 N–H and O–H groups in total. The van der Waals surface area contributed by atoms with Crippen molar-refractivity contribution >= 4 is 23.4 Å². The van der Waals surface area contributed by atoms with Crippen molar-refractivity contribution in [3.63, 3.8) is 0 Å². The van der Waals surface area contributed by atoms with Gasteiger partial charge in [-0.3, -0.25) is 4.79 Å². The minimum Gasteiger partial charge on any atom is -0.459 e. The number of para-hydroxylation sites is 1. The number of hydrogen-bond acceptors (Lipinski definition) is 7. The summed E-state index contributed by atoms with van der Waals surface area (Å²) in [7, 11) is 0. The first kappa shape index (κ1) is 17.7. The third-order valence-electron chi connectivity index (χ3n) is 4.48. The van der Waals surface area contributed by atoms with E-state index in [0.717, 1.165) is 13.1 Å². The van der Waals surface area contributed by atoms with Gasteiger partial charge in [0.25, 0.3) is 11.1 Å². The first-order valence-corrected chi connectivity index (χ1v) is 9.71. The number of anilines is 1. The number of thioether (sulfide) groups is 1. The molecule has 1 atom stereocenters. The molecule has 0 radical (unpaired) electrons. The van der Waals surface area contributed by atoms with Gasteiger partial charge in [-0.15, -0.1) is 10.2 Å². The lowest BCUT2D eigenvalue weighted by Crippen LogP contribution is -2.50. The summed E-state index contributed by atoms with van der Waals surface area (Å²) in [5.41, 5.74) is 1.20. The topological polar surface area (TPSA) is 75.6 Å². The molecular weight excluding hydrogens is 364 g/mol. The molecule has 8 heteroatoms. The van der Waals surface area contributed by atoms with Crippen molar-refractivity contribution in [2.24, 2.45) is 0 Å². The highest BCUT2D eigenvalue weighted by molar-refractivity contribution is 8.00. The van der Waals surface area contributed by atoms with Crippen LogP contribution in [-0.2, 0) is 4.79 Å². The predicted octanol–water partition coefficient (Wildman–Crippen LogP) is 3.16. The van der Waals surface area contributed by atoms with Crippen molar-refractivity contribution in [3.8, 4) is 11.7 Å². The zero-order valence-electron chi connectivity index (χ0n) is 14.9. The molecule has 1 fully saturated rings. The molecule has 1 saturated heterocycles. The van der Waals surface area contributed by atoms with Crippen molar-refractivity contribution in [1.29, 1.82) is 0 Å². The first-order chi connectivity index (χ1) is 13.2. The zero-order chi connectivity index (χ0) is 18.6. The number of rotatable bonds is 5. The average molecular weight is 384 g/mol. The molecule has 27 heavy (non-hydrogen) atoms. The van der Waals surface area contributed by atoms with Gasteiger partial charge in [0.05, 0.1) is 11.5 Å². The quantitative estimate of drug-likeness (QED) is 0.626. The third-order valence-corrected chi connectivity index (χ3v) is 5.40. The fourth-order valence-corrected chi connectivity index (χ4v) is 3.81. The smallest absolute Gasteiger partial charge is 0.284 e. The van der Waals surface area contributed by atoms with E-state index in [1.165, 1.54) is 17.4 Å². The minimum atomic E-state index is -0.293. The molecule has 7 nitrogen and oxygen atoms in total. The summed E-state index contributed by atoms with van der Waals surface area (Å²) in [5.74, 6) is 0.925. The Labute approximate surface area is 161 Å². The minimum absolute atomic E-state index is 0.0884. The lowest BCUT2D eigenvalue weighted by atomic mass is 10.2. The van der Waals surface area contributed by atoms with E-state index < -0.39 is 0 Å². The van der Waals surface area contributed by atoms with Gasteiger partial charge in [-0.25, -0.2) is 0 Å². The summed E-state index contributed by atoms with van der Waals surface area (Å²) >= 11 is 1.27. The van der Waals surface area contributed by atoms with Crippen LogP contribution in [0.5, 0.6) is 0 Å². The van der Waals surface area contributed by atoms with Crippen molar-refractivity contribution in [2.75, 3.05) is 31.1 Å². The standard InChI is InChI=1S/C19H20N4O3S/c1-14(27-19-21-20-17(26-19)16-8-5-13-25-16)18(24)23-11-9-22(10-12-23)15-6-3-2-4-7-15/h2-8,13-14H,9-12H2,1H3/t14-/m0/s1. The van der Waals surface area contributed by atoms with Gasteiger partial charge in [0.1, 0.15) is 0 Å². The maximum absolute atomic E-state index is 12.8. The molecule has 3 aromatic rings. The highest BCUT2D eigenvalue weighted by Gasteiger charge is 2.27. The molecule has 1 aliphatic rings. The molecule has 2 aromatic heterocycles. The van der Waals surface area contributed by atoms with E-state index in [1.807, 2.05) is 30.0 Å². The molecule has 0 unspecified atom stereocenters. The normalized spacial score (nSPS) is 15.7. The Kier molecular flexibility index (Phi) is 5.15. The molecule has 0 spiro atoms. The summed E-state index contributed by atoms with van der Waals surface area (Å²) in [6, 6.07) is 13.8. The molecule has 1 aliphatic heterocycles. The molecule has 1 aromatic carbocycles. The molecule has 0 saturated carbocycles. The Morgan fingerprint density at radius 1 is 1.07 bits per heavy atom. The monoisotopic (exact) mass is 384 g/mol. The lowest BCUT2D eigenvalue weighted by molar-refractivity contribution is -0.130. The van der Waals surface area contributed by atoms with E-state index in [1.54, 1.807) is 18.4 Å². The average Bonchev–Trinajstić information content (AvgIpc) is 3.40. The van der Waals surface area contributed by atoms with Gasteiger partial charge in [0.15, 0.2) is 5.76 Å². The number of nitrogens with zero attached hydrogens (tertiary/aromatic N) is 4. The van der Waals surface area contributed by atoms with Gasteiger partial charge in [-0.1, -0.05) is 30.0 Å². The Hall–Kier alpha value is -2.74. The SMILES string of the molecule is C[C@H](Sc1nnc(-c2ccco2)o1)C(=O)N1CCN(c2ccccc2)CC1. The van der Waals surface area contributed by atoms with Crippen molar-refractivity contribution in [1.82, 2.24) is 15.1 Å². The molecule has 0 aliphatic carbocycles. The summed E-state index contributed by atoms with van der Waals surface area (Å²) in [4.78, 5) is 17.0. The van der Waals surface area contributed by atoms with E-state index in [9.17, 15) is 4.79 Å². The number of furan rings is 1. The second-order valence-corrected chi connectivity index (χ2v) is 7.55. The number of hydrogen-bond donors (Lipinski definition) is 0. The predicted molar refractivity (Wildman–Crippen MR) is 103 cm³/mol. The van der Waals surface area contributed by atoms with Crippen LogP contribution in [0.25, 0.3) is 11.7 Å². The van der Waals surface area contributed by atoms with Gasteiger partial charge < -0.3 is 18.6 Å². The van der Waals surface area contributed by atoms with Crippen LogP contribution in [0.1, 0.15) is 6.92 Å². The zero-order valence-corrected chi connectivity index (χ0v) is 15.8. The fraction of sp³-hybridized carbons (Fsp3) is 0.316. The van der Waals surface area contributed by atoms with Gasteiger partial charge >= 0.3 is 0 Å². The van der Waals surface area contributed by atoms with Gasteiger partial charge in [0.2, 0.25) is 5.91 Å². The maximum Gasteiger partial charge on any atom is 0.284 e. The lowest BCUT2D eigenvalue weighted by Gasteiger charge is -2.37. The van der Waals surface area contributed by atoms with E-state index in [0.29, 0.717) is 30.0 Å². The molecule has 3 heterocycles. The number of aromatic nitrogens is 2. The van der Waals surface area contributed by atoms with Crippen LogP contribution in [-0.4, -0.2) is 52.4 Å². The highest BCUT2D eigenvalue weighted by Crippen LogP contribution is 2.27. The number of carbonyl (C=O) groups is 1. The van der Waals surface area contributed by atoms with E-state index in [4.69, 9.17) is 8.83 Å². The van der Waals surface area contributed by atoms with E-state index in [-0.39, 0.29) is 11.2 Å². The second-order valence-electron chi connectivity index (χ2n) is 6.26. The third kappa shape index (κ3) is 4.00. The van der Waals surface area contributed by atoms with Crippen LogP contribution in [0.3, 0.4) is 0 Å². The number of benzene rings is 1. The number of piperazine rings is 1. The summed E-state index contributed by atoms with van der Waals surface area (Å²) in [5, 5.41) is 8.04. The van der Waals surface area contributed by atoms with Gasteiger partial charge in [0, 0.05) is 31.9 Å². The second kappa shape index (κ2) is 7.87. The summed E-state index contributed by atoms with van der Waals surface area (Å²) in [6.07, 6.45) is 1.55. The molecule has 140 valence electrons. The van der Waals surface area contributed by atoms with Crippen LogP contribution in [0, 0.1) is 0 Å². The maximum atomic E-state index is 12.8. The first-order valence-electron chi connectivity index (χ1n) is 8.83. The summed E-state index contributed by atoms with van der Waals surface area (Å²) < 4.78 is 10.8. The van der Waals surface area contributed by atoms with Crippen molar-refractivity contribution in [2.45, 2.75) is 17.4 Å². The summed E-state index contributed by atoms with van der Waals surface area (Å²) in [6.45, 7) is 4.94. The largest absolute Gasteiger partial charge is 0.459 e. The van der Waals surface area contributed by atoms with Crippen LogP contribution in [0.2, 0.25) is 0 Å². The molecular formula is C19H20N4O3S. The Morgan fingerprint density at radius 2 is 1.85 bits per heavy atom. The Balaban J connectivity index is 1.32. The van der Waals surface area contributed by atoms with Crippen LogP contribution in [0.15, 0.2) is 62.8 Å². The Bertz CT molecular complexity index is 874. The highest BCUT2D eigenvalue weighted by atomic mass is 32.2. The fourth-order valence-electron chi connectivity index (χ4n) is 3.04. The van der Waals surface area contributed by atoms with Crippen LogP contribution >= 0.6 is 11.8 Å². The van der Waals surface area contributed by atoms with Crippen molar-refractivity contribution < 1.29 is 13.6 Å². The van der Waals surface area contributed by atoms with Crippen molar-refractivity contribution in [3.05, 3.63) is 48.7 Å². The molecule has 4 rings (SSSR count). The number of carbonyl (C=O) groups excluding carboxylic acids is 1. The van der Waals surface area contributed by atoms with Gasteiger partial charge in [-0.05, 0) is 31.2 Å². The van der Waals surface area contributed by atoms with E-state index in [2.05, 4.69) is 27.2 Å². The van der Waals surface area contributed by atoms with Gasteiger partial charge in [-0.2, -0.15) is 0 Å². The van der Waals surface area contributed by atoms with Crippen LogP contribution in [0.4, 0.5) is 5.69 Å². The number of amides is 1. The van der Waals surface area contributed by atoms with E-state index >= 15 is 0 Å².